The van der Waals surface area contributed by atoms with Gasteiger partial charge in [0.15, 0.2) is 0 Å². The van der Waals surface area contributed by atoms with E-state index in [4.69, 9.17) is 15.6 Å². The standard InChI is InChI=1S/C10H12N4O4S/c11-10-9-5(12-2-13-10)4(14-19-9)8-7(17)6(16)3(1-15)18-8/h2-3,6-8,15-17H,1H2,(H2,11,12,13)/t3-,6+,7-,8+/m0/s1. The Hall–Kier alpha value is -1.39. The summed E-state index contributed by atoms with van der Waals surface area (Å²) in [6.45, 7) is -0.381. The number of rotatable bonds is 2. The van der Waals surface area contributed by atoms with Gasteiger partial charge in [-0.05, 0) is 11.5 Å². The predicted octanol–water partition coefficient (Wildman–Crippen LogP) is -1.18. The molecule has 9 heteroatoms. The normalized spacial score (nSPS) is 31.1. The molecule has 3 rings (SSSR count). The van der Waals surface area contributed by atoms with Gasteiger partial charge in [-0.1, -0.05) is 0 Å². The third-order valence-corrected chi connectivity index (χ3v) is 3.99. The first kappa shape index (κ1) is 12.6. The molecule has 5 N–H and O–H groups in total. The van der Waals surface area contributed by atoms with Crippen LogP contribution in [0.3, 0.4) is 0 Å². The number of aliphatic hydroxyl groups excluding tert-OH is 3. The maximum Gasteiger partial charge on any atom is 0.146 e. The maximum absolute atomic E-state index is 9.96. The van der Waals surface area contributed by atoms with Crippen LogP contribution in [-0.4, -0.2) is 54.6 Å². The largest absolute Gasteiger partial charge is 0.394 e. The highest BCUT2D eigenvalue weighted by Crippen LogP contribution is 2.37. The van der Waals surface area contributed by atoms with E-state index >= 15 is 0 Å². The second-order valence-corrected chi connectivity index (χ2v) is 5.04. The molecular formula is C10H12N4O4S. The molecule has 0 unspecified atom stereocenters. The summed E-state index contributed by atoms with van der Waals surface area (Å²) in [6, 6.07) is 0. The molecule has 0 radical (unpaired) electrons. The fraction of sp³-hybridized carbons (Fsp3) is 0.500. The monoisotopic (exact) mass is 284 g/mol. The van der Waals surface area contributed by atoms with Crippen LogP contribution < -0.4 is 5.73 Å². The highest BCUT2D eigenvalue weighted by molar-refractivity contribution is 7.14. The number of hydrogen-bond donors (Lipinski definition) is 4. The summed E-state index contributed by atoms with van der Waals surface area (Å²) in [5.74, 6) is 0.306. The Kier molecular flexibility index (Phi) is 3.07. The molecule has 2 aromatic rings. The third kappa shape index (κ3) is 1.86. The van der Waals surface area contributed by atoms with Crippen molar-refractivity contribution in [2.24, 2.45) is 0 Å². The summed E-state index contributed by atoms with van der Waals surface area (Å²) in [7, 11) is 0. The molecule has 1 saturated heterocycles. The van der Waals surface area contributed by atoms with Gasteiger partial charge >= 0.3 is 0 Å². The van der Waals surface area contributed by atoms with Crippen LogP contribution in [0.1, 0.15) is 11.8 Å². The van der Waals surface area contributed by atoms with E-state index in [1.807, 2.05) is 0 Å². The SMILES string of the molecule is Nc1ncnc2c([C@H]3O[C@@H](CO)[C@@H](O)[C@@H]3O)nsc12. The van der Waals surface area contributed by atoms with Gasteiger partial charge in [-0.2, -0.15) is 4.37 Å². The molecule has 0 aliphatic carbocycles. The molecule has 1 aliphatic heterocycles. The van der Waals surface area contributed by atoms with Crippen LogP contribution in [0.5, 0.6) is 0 Å². The third-order valence-electron chi connectivity index (χ3n) is 3.12. The summed E-state index contributed by atoms with van der Waals surface area (Å²) in [5, 5.41) is 28.8. The molecular weight excluding hydrogens is 272 g/mol. The summed E-state index contributed by atoms with van der Waals surface area (Å²) in [6.07, 6.45) is -2.70. The van der Waals surface area contributed by atoms with Gasteiger partial charge in [-0.15, -0.1) is 0 Å². The van der Waals surface area contributed by atoms with Crippen LogP contribution in [0, 0.1) is 0 Å². The average molecular weight is 284 g/mol. The highest BCUT2D eigenvalue weighted by Gasteiger charge is 2.45. The number of fused-ring (bicyclic) bond motifs is 1. The van der Waals surface area contributed by atoms with Crippen LogP contribution >= 0.6 is 11.5 Å². The predicted molar refractivity (Wildman–Crippen MR) is 66.3 cm³/mol. The molecule has 8 nitrogen and oxygen atoms in total. The molecule has 0 amide bonds. The van der Waals surface area contributed by atoms with Crippen molar-refractivity contribution < 1.29 is 20.1 Å². The Morgan fingerprint density at radius 1 is 1.32 bits per heavy atom. The van der Waals surface area contributed by atoms with Gasteiger partial charge in [0, 0.05) is 0 Å². The number of hydrogen-bond acceptors (Lipinski definition) is 9. The van der Waals surface area contributed by atoms with Crippen molar-refractivity contribution in [1.82, 2.24) is 14.3 Å². The minimum atomic E-state index is -1.17. The van der Waals surface area contributed by atoms with E-state index in [1.54, 1.807) is 0 Å². The molecule has 0 aromatic carbocycles. The van der Waals surface area contributed by atoms with Crippen LogP contribution in [0.2, 0.25) is 0 Å². The van der Waals surface area contributed by atoms with Crippen molar-refractivity contribution in [3.63, 3.8) is 0 Å². The Morgan fingerprint density at radius 2 is 2.11 bits per heavy atom. The number of aliphatic hydroxyl groups is 3. The van der Waals surface area contributed by atoms with E-state index in [0.717, 1.165) is 11.5 Å². The number of nitrogen functional groups attached to an aromatic ring is 1. The lowest BCUT2D eigenvalue weighted by Crippen LogP contribution is -2.32. The zero-order chi connectivity index (χ0) is 13.6. The van der Waals surface area contributed by atoms with E-state index < -0.39 is 24.4 Å². The van der Waals surface area contributed by atoms with E-state index in [0.29, 0.717) is 21.7 Å². The van der Waals surface area contributed by atoms with Gasteiger partial charge in [0.2, 0.25) is 0 Å². The fourth-order valence-electron chi connectivity index (χ4n) is 2.11. The van der Waals surface area contributed by atoms with Gasteiger partial charge < -0.3 is 25.8 Å². The molecule has 0 saturated carbocycles. The van der Waals surface area contributed by atoms with E-state index in [1.165, 1.54) is 6.33 Å². The van der Waals surface area contributed by atoms with Crippen molar-refractivity contribution >= 4 is 27.6 Å². The maximum atomic E-state index is 9.96. The quantitative estimate of drug-likeness (QED) is 0.541. The number of nitrogens with two attached hydrogens (primary N) is 1. The zero-order valence-corrected chi connectivity index (χ0v) is 10.5. The van der Waals surface area contributed by atoms with Crippen molar-refractivity contribution in [1.29, 1.82) is 0 Å². The average Bonchev–Trinajstić information content (AvgIpc) is 2.94. The molecule has 3 heterocycles. The lowest BCUT2D eigenvalue weighted by molar-refractivity contribution is -0.0233. The molecule has 0 spiro atoms. The molecule has 19 heavy (non-hydrogen) atoms. The summed E-state index contributed by atoms with van der Waals surface area (Å²) >= 11 is 1.10. The Bertz CT molecular complexity index is 606. The van der Waals surface area contributed by atoms with E-state index in [9.17, 15) is 10.2 Å². The minimum absolute atomic E-state index is 0.306. The van der Waals surface area contributed by atoms with Gasteiger partial charge in [-0.3, -0.25) is 0 Å². The number of aromatic nitrogens is 3. The smallest absolute Gasteiger partial charge is 0.146 e. The minimum Gasteiger partial charge on any atom is -0.394 e. The van der Waals surface area contributed by atoms with Crippen molar-refractivity contribution in [3.05, 3.63) is 12.0 Å². The first-order valence-corrected chi connectivity index (χ1v) is 6.39. The first-order chi connectivity index (χ1) is 9.13. The second-order valence-electron chi connectivity index (χ2n) is 4.26. The highest BCUT2D eigenvalue weighted by atomic mass is 32.1. The van der Waals surface area contributed by atoms with Crippen LogP contribution in [-0.2, 0) is 4.74 Å². The number of anilines is 1. The lowest BCUT2D eigenvalue weighted by atomic mass is 10.1. The fourth-order valence-corrected chi connectivity index (χ4v) is 2.88. The van der Waals surface area contributed by atoms with Gasteiger partial charge in [0.1, 0.15) is 52.5 Å². The van der Waals surface area contributed by atoms with Gasteiger partial charge in [0.05, 0.1) is 6.61 Å². The first-order valence-electron chi connectivity index (χ1n) is 5.61. The lowest BCUT2D eigenvalue weighted by Gasteiger charge is -2.12. The van der Waals surface area contributed by atoms with E-state index in [-0.39, 0.29) is 6.61 Å². The van der Waals surface area contributed by atoms with Gasteiger partial charge in [-0.25, -0.2) is 9.97 Å². The Morgan fingerprint density at radius 3 is 2.79 bits per heavy atom. The molecule has 102 valence electrons. The van der Waals surface area contributed by atoms with Crippen LogP contribution in [0.25, 0.3) is 10.2 Å². The van der Waals surface area contributed by atoms with Crippen LogP contribution in [0.15, 0.2) is 6.33 Å². The van der Waals surface area contributed by atoms with Crippen molar-refractivity contribution in [2.45, 2.75) is 24.4 Å². The second kappa shape index (κ2) is 4.62. The Balaban J connectivity index is 2.04. The van der Waals surface area contributed by atoms with Crippen LogP contribution in [0.4, 0.5) is 5.82 Å². The molecule has 0 bridgehead atoms. The summed E-state index contributed by atoms with van der Waals surface area (Å²) < 4.78 is 10.2. The van der Waals surface area contributed by atoms with Crippen molar-refractivity contribution in [3.8, 4) is 0 Å². The van der Waals surface area contributed by atoms with Crippen molar-refractivity contribution in [2.75, 3.05) is 12.3 Å². The molecule has 1 fully saturated rings. The molecule has 2 aromatic heterocycles. The summed E-state index contributed by atoms with van der Waals surface area (Å²) in [4.78, 5) is 7.94. The molecule has 4 atom stereocenters. The Labute approximate surface area is 111 Å². The summed E-state index contributed by atoms with van der Waals surface area (Å²) in [5.41, 5.74) is 6.60. The topological polar surface area (TPSA) is 135 Å². The number of ether oxygens (including phenoxy) is 1. The van der Waals surface area contributed by atoms with E-state index in [2.05, 4.69) is 14.3 Å². The number of nitrogens with zero attached hydrogens (tertiary/aromatic N) is 3. The zero-order valence-electron chi connectivity index (χ0n) is 9.67. The van der Waals surface area contributed by atoms with Gasteiger partial charge in [0.25, 0.3) is 0 Å². The molecule has 1 aliphatic rings.